The lowest BCUT2D eigenvalue weighted by molar-refractivity contribution is 0.352. The number of rotatable bonds is 2. The minimum absolute atomic E-state index is 0.0849. The fourth-order valence-corrected chi connectivity index (χ4v) is 3.00. The lowest BCUT2D eigenvalue weighted by atomic mass is 10.0. The Bertz CT molecular complexity index is 635. The van der Waals surface area contributed by atoms with Crippen molar-refractivity contribution in [3.63, 3.8) is 0 Å². The molecular formula is C15H18N4S. The Kier molecular flexibility index (Phi) is 3.22. The second-order valence-electron chi connectivity index (χ2n) is 5.20. The first-order valence-electron chi connectivity index (χ1n) is 6.66. The third-order valence-electron chi connectivity index (χ3n) is 4.05. The highest BCUT2D eigenvalue weighted by molar-refractivity contribution is 7.80. The van der Waals surface area contributed by atoms with Gasteiger partial charge in [0.05, 0.1) is 17.8 Å². The van der Waals surface area contributed by atoms with Gasteiger partial charge in [-0.05, 0) is 43.4 Å². The molecule has 5 heteroatoms. The molecule has 0 aromatic carbocycles. The molecule has 0 amide bonds. The minimum Gasteiger partial charge on any atom is -0.352 e. The summed E-state index contributed by atoms with van der Waals surface area (Å²) in [4.78, 5) is 6.60. The van der Waals surface area contributed by atoms with Gasteiger partial charge in [-0.25, -0.2) is 0 Å². The highest BCUT2D eigenvalue weighted by Crippen LogP contribution is 2.37. The van der Waals surface area contributed by atoms with Crippen LogP contribution in [0.25, 0.3) is 0 Å². The molecule has 0 radical (unpaired) electrons. The van der Waals surface area contributed by atoms with E-state index in [0.29, 0.717) is 0 Å². The van der Waals surface area contributed by atoms with Crippen LogP contribution in [0.15, 0.2) is 36.5 Å². The predicted molar refractivity (Wildman–Crippen MR) is 83.4 cm³/mol. The summed E-state index contributed by atoms with van der Waals surface area (Å²) < 4.78 is 2.22. The van der Waals surface area contributed by atoms with Crippen molar-refractivity contribution in [1.82, 2.24) is 19.8 Å². The third kappa shape index (κ3) is 1.98. The van der Waals surface area contributed by atoms with Gasteiger partial charge in [0.1, 0.15) is 0 Å². The second-order valence-corrected chi connectivity index (χ2v) is 5.58. The molecule has 1 aliphatic heterocycles. The zero-order valence-corrected chi connectivity index (χ0v) is 12.7. The molecular weight excluding hydrogens is 268 g/mol. The van der Waals surface area contributed by atoms with Crippen molar-refractivity contribution in [3.8, 4) is 0 Å². The summed E-state index contributed by atoms with van der Waals surface area (Å²) >= 11 is 5.42. The molecule has 2 atom stereocenters. The number of nitrogens with zero attached hydrogens (tertiary/aromatic N) is 3. The first kappa shape index (κ1) is 13.1. The van der Waals surface area contributed by atoms with Crippen LogP contribution in [0, 0.1) is 6.92 Å². The molecule has 2 aromatic heterocycles. The quantitative estimate of drug-likeness (QED) is 0.859. The molecule has 0 saturated carbocycles. The van der Waals surface area contributed by atoms with E-state index < -0.39 is 0 Å². The molecule has 0 unspecified atom stereocenters. The van der Waals surface area contributed by atoms with E-state index in [0.717, 1.165) is 10.8 Å². The number of likely N-dealkylation sites (N-methyl/N-ethyl adjacent to an activating group) is 1. The average Bonchev–Trinajstić information content (AvgIpc) is 2.93. The van der Waals surface area contributed by atoms with Gasteiger partial charge in [-0.3, -0.25) is 4.98 Å². The number of aryl methyl sites for hydroxylation is 1. The molecule has 2 aromatic rings. The van der Waals surface area contributed by atoms with E-state index in [4.69, 9.17) is 12.2 Å². The van der Waals surface area contributed by atoms with Gasteiger partial charge in [0.25, 0.3) is 0 Å². The summed E-state index contributed by atoms with van der Waals surface area (Å²) in [5, 5.41) is 4.15. The first-order chi connectivity index (χ1) is 9.59. The Morgan fingerprint density at radius 1 is 1.20 bits per heavy atom. The van der Waals surface area contributed by atoms with Crippen LogP contribution in [0.3, 0.4) is 0 Å². The van der Waals surface area contributed by atoms with Crippen LogP contribution < -0.4 is 5.32 Å². The molecule has 1 N–H and O–H groups in total. The molecule has 104 valence electrons. The predicted octanol–water partition coefficient (Wildman–Crippen LogP) is 2.33. The summed E-state index contributed by atoms with van der Waals surface area (Å²) in [6, 6.07) is 10.5. The number of nitrogens with one attached hydrogen (secondary N) is 1. The number of pyridine rings is 1. The summed E-state index contributed by atoms with van der Waals surface area (Å²) in [6.07, 6.45) is 1.83. The Hall–Kier alpha value is -1.88. The molecule has 20 heavy (non-hydrogen) atoms. The fraction of sp³-hybridized carbons (Fsp3) is 0.333. The molecule has 1 fully saturated rings. The number of aromatic nitrogens is 2. The van der Waals surface area contributed by atoms with E-state index in [2.05, 4.69) is 45.9 Å². The van der Waals surface area contributed by atoms with Gasteiger partial charge in [-0.15, -0.1) is 0 Å². The van der Waals surface area contributed by atoms with Gasteiger partial charge in [0.2, 0.25) is 0 Å². The van der Waals surface area contributed by atoms with Crippen LogP contribution in [0.4, 0.5) is 0 Å². The van der Waals surface area contributed by atoms with Gasteiger partial charge >= 0.3 is 0 Å². The molecule has 0 spiro atoms. The summed E-state index contributed by atoms with van der Waals surface area (Å²) in [5.41, 5.74) is 3.50. The van der Waals surface area contributed by atoms with Crippen molar-refractivity contribution in [2.45, 2.75) is 19.0 Å². The Morgan fingerprint density at radius 3 is 2.60 bits per heavy atom. The van der Waals surface area contributed by atoms with E-state index in [1.165, 1.54) is 11.4 Å². The zero-order valence-electron chi connectivity index (χ0n) is 11.9. The van der Waals surface area contributed by atoms with Gasteiger partial charge in [-0.2, -0.15) is 0 Å². The van der Waals surface area contributed by atoms with Crippen LogP contribution >= 0.6 is 12.2 Å². The van der Waals surface area contributed by atoms with Crippen LogP contribution in [-0.2, 0) is 7.05 Å². The van der Waals surface area contributed by atoms with Gasteiger partial charge in [0.15, 0.2) is 5.11 Å². The van der Waals surface area contributed by atoms with Crippen molar-refractivity contribution in [3.05, 3.63) is 53.6 Å². The van der Waals surface area contributed by atoms with Gasteiger partial charge in [0, 0.05) is 31.7 Å². The molecule has 3 rings (SSSR count). The summed E-state index contributed by atoms with van der Waals surface area (Å²) in [7, 11) is 4.13. The first-order valence-corrected chi connectivity index (χ1v) is 7.07. The van der Waals surface area contributed by atoms with Gasteiger partial charge < -0.3 is 14.8 Å². The Balaban J connectivity index is 2.05. The van der Waals surface area contributed by atoms with Crippen LogP contribution in [-0.4, -0.2) is 26.6 Å². The second kappa shape index (κ2) is 4.90. The number of thiocarbonyl (C=S) groups is 1. The van der Waals surface area contributed by atoms with E-state index in [-0.39, 0.29) is 12.1 Å². The van der Waals surface area contributed by atoms with Crippen molar-refractivity contribution in [2.75, 3.05) is 7.05 Å². The smallest absolute Gasteiger partial charge is 0.169 e. The molecule has 1 saturated heterocycles. The van der Waals surface area contributed by atoms with Crippen LogP contribution in [0.2, 0.25) is 0 Å². The monoisotopic (exact) mass is 286 g/mol. The van der Waals surface area contributed by atoms with Crippen LogP contribution in [0.5, 0.6) is 0 Å². The third-order valence-corrected chi connectivity index (χ3v) is 4.46. The highest BCUT2D eigenvalue weighted by Gasteiger charge is 2.38. The molecule has 1 aliphatic rings. The van der Waals surface area contributed by atoms with Gasteiger partial charge in [-0.1, -0.05) is 6.07 Å². The highest BCUT2D eigenvalue weighted by atomic mass is 32.1. The van der Waals surface area contributed by atoms with E-state index in [1.54, 1.807) is 0 Å². The molecule has 4 nitrogen and oxygen atoms in total. The van der Waals surface area contributed by atoms with E-state index in [1.807, 2.05) is 31.4 Å². The molecule has 3 heterocycles. The number of hydrogen-bond acceptors (Lipinski definition) is 2. The maximum atomic E-state index is 5.42. The van der Waals surface area contributed by atoms with E-state index >= 15 is 0 Å². The van der Waals surface area contributed by atoms with E-state index in [9.17, 15) is 0 Å². The van der Waals surface area contributed by atoms with Crippen molar-refractivity contribution < 1.29 is 0 Å². The maximum absolute atomic E-state index is 5.42. The standard InChI is InChI=1S/C15H18N4S/c1-10-7-8-12(18(10)2)14-13(17-15(20)19(14)3)11-6-4-5-9-16-11/h4-9,13-14H,1-3H3,(H,17,20)/t13-,14-/m1/s1. The van der Waals surface area contributed by atoms with Crippen LogP contribution in [0.1, 0.15) is 29.2 Å². The zero-order chi connectivity index (χ0) is 14.3. The largest absolute Gasteiger partial charge is 0.352 e. The number of hydrogen-bond donors (Lipinski definition) is 1. The Labute approximate surface area is 124 Å². The topological polar surface area (TPSA) is 33.1 Å². The molecule has 0 bridgehead atoms. The SMILES string of the molecule is Cc1ccc([C@@H]2[C@@H](c3ccccn3)NC(=S)N2C)n1C. The van der Waals surface area contributed by atoms with Crippen molar-refractivity contribution in [2.24, 2.45) is 7.05 Å². The Morgan fingerprint density at radius 2 is 2.00 bits per heavy atom. The summed E-state index contributed by atoms with van der Waals surface area (Å²) in [5.74, 6) is 0. The average molecular weight is 286 g/mol. The van der Waals surface area contributed by atoms with Crippen molar-refractivity contribution in [1.29, 1.82) is 0 Å². The lowest BCUT2D eigenvalue weighted by Crippen LogP contribution is -2.25. The summed E-state index contributed by atoms with van der Waals surface area (Å²) in [6.45, 7) is 2.11. The lowest BCUT2D eigenvalue weighted by Gasteiger charge is -2.25. The van der Waals surface area contributed by atoms with Crippen molar-refractivity contribution >= 4 is 17.3 Å². The minimum atomic E-state index is 0.0849. The normalized spacial score (nSPS) is 22.1. The maximum Gasteiger partial charge on any atom is 0.169 e. The fourth-order valence-electron chi connectivity index (χ4n) is 2.76. The molecule has 0 aliphatic carbocycles.